The predicted octanol–water partition coefficient (Wildman–Crippen LogP) is -5.44. The van der Waals surface area contributed by atoms with Gasteiger partial charge >= 0.3 is 9.05 Å². The molecule has 0 aromatic heterocycles. The molecule has 0 spiro atoms. The van der Waals surface area contributed by atoms with Crippen LogP contribution in [0.5, 0.6) is 0 Å². The van der Waals surface area contributed by atoms with Gasteiger partial charge in [-0.05, 0) is 0 Å². The Balaban J connectivity index is -0.0000000267. The zero-order chi connectivity index (χ0) is 4.50. The van der Waals surface area contributed by atoms with E-state index in [0.29, 0.717) is 0 Å². The first-order valence-corrected chi connectivity index (χ1v) is 2.68. The van der Waals surface area contributed by atoms with Gasteiger partial charge in [0.15, 0.2) is 17.4 Å². The molecule has 0 saturated carbocycles. The lowest BCUT2D eigenvalue weighted by Crippen LogP contribution is -2.33. The fourth-order valence-corrected chi connectivity index (χ4v) is 0. The van der Waals surface area contributed by atoms with Crippen molar-refractivity contribution < 1.29 is 30.1 Å². The highest BCUT2D eigenvalue weighted by atomic mass is 28.4. The molecule has 0 bridgehead atoms. The van der Waals surface area contributed by atoms with E-state index in [2.05, 4.69) is 0 Å². The molecule has 0 unspecified atom stereocenters. The van der Waals surface area contributed by atoms with Crippen LogP contribution in [0.2, 0.25) is 0 Å². The lowest BCUT2D eigenvalue weighted by molar-refractivity contribution is 0.117. The lowest BCUT2D eigenvalue weighted by atomic mass is 15.7. The van der Waals surface area contributed by atoms with E-state index < -0.39 is 9.05 Å². The fourth-order valence-electron chi connectivity index (χ4n) is 0. The molecule has 0 fully saturated rings. The molecule has 6 nitrogen and oxygen atoms in total. The maximum absolute atomic E-state index is 7.33. The first-order valence-electron chi connectivity index (χ1n) is 0.894. The SMILES string of the molecule is O.O.O[Si](O)(O)O.[AlH3]. The summed E-state index contributed by atoms with van der Waals surface area (Å²) in [6.07, 6.45) is 0. The third-order valence-electron chi connectivity index (χ3n) is 0. The van der Waals surface area contributed by atoms with E-state index >= 15 is 0 Å². The molecule has 54 valence electrons. The molecule has 0 radical (unpaired) electrons. The van der Waals surface area contributed by atoms with Crippen LogP contribution < -0.4 is 0 Å². The predicted molar refractivity (Wildman–Crippen MR) is 31.8 cm³/mol. The maximum atomic E-state index is 7.33. The minimum Gasteiger partial charge on any atom is -0.412 e. The first kappa shape index (κ1) is 23.6. The summed E-state index contributed by atoms with van der Waals surface area (Å²) in [4.78, 5) is 29.3. The zero-order valence-electron chi connectivity index (χ0n) is 3.29. The van der Waals surface area contributed by atoms with E-state index in [1.165, 1.54) is 0 Å². The molecule has 0 heterocycles. The van der Waals surface area contributed by atoms with Gasteiger partial charge in [0.05, 0.1) is 0 Å². The van der Waals surface area contributed by atoms with Crippen molar-refractivity contribution in [1.29, 1.82) is 0 Å². The maximum Gasteiger partial charge on any atom is 0.668 e. The standard InChI is InChI=1S/Al.H4O4Si.2H2O.3H/c;1-5(2,3)4;;;;;/h;1-4H;2*1H2;;;. The van der Waals surface area contributed by atoms with Crippen LogP contribution in [0.3, 0.4) is 0 Å². The van der Waals surface area contributed by atoms with E-state index in [0.717, 1.165) is 0 Å². The van der Waals surface area contributed by atoms with Gasteiger partial charge in [0.1, 0.15) is 0 Å². The summed E-state index contributed by atoms with van der Waals surface area (Å²) in [5.41, 5.74) is 0. The largest absolute Gasteiger partial charge is 0.668 e. The number of rotatable bonds is 0. The third kappa shape index (κ3) is 762. The highest BCUT2D eigenvalue weighted by Crippen LogP contribution is 1.67. The van der Waals surface area contributed by atoms with Crippen molar-refractivity contribution in [3.05, 3.63) is 0 Å². The van der Waals surface area contributed by atoms with E-state index in [-0.39, 0.29) is 28.3 Å². The Bertz CT molecular complexity index is 24.0. The van der Waals surface area contributed by atoms with Crippen molar-refractivity contribution >= 4 is 26.4 Å². The van der Waals surface area contributed by atoms with Crippen LogP contribution in [0, 0.1) is 0 Å². The highest BCUT2D eigenvalue weighted by molar-refractivity contribution is 6.46. The summed E-state index contributed by atoms with van der Waals surface area (Å²) in [7, 11) is -4.61. The summed E-state index contributed by atoms with van der Waals surface area (Å²) in [5.74, 6) is 0. The monoisotopic (exact) mass is 162 g/mol. The molecule has 8 heavy (non-hydrogen) atoms. The highest BCUT2D eigenvalue weighted by Gasteiger charge is 2.22. The zero-order valence-corrected chi connectivity index (χ0v) is 4.29. The van der Waals surface area contributed by atoms with Crippen molar-refractivity contribution in [2.24, 2.45) is 0 Å². The van der Waals surface area contributed by atoms with Gasteiger partial charge in [-0.3, -0.25) is 0 Å². The van der Waals surface area contributed by atoms with Crippen molar-refractivity contribution in [1.82, 2.24) is 0 Å². The molecule has 0 saturated heterocycles. The molecular weight excluding hydrogens is 151 g/mol. The Morgan fingerprint density at radius 3 is 0.750 bits per heavy atom. The molecule has 8 N–H and O–H groups in total. The molecule has 0 aromatic rings. The Labute approximate surface area is 57.3 Å². The summed E-state index contributed by atoms with van der Waals surface area (Å²) in [6.45, 7) is 0. The van der Waals surface area contributed by atoms with E-state index in [9.17, 15) is 0 Å². The summed E-state index contributed by atoms with van der Waals surface area (Å²) in [6, 6.07) is 0. The molecule has 0 aliphatic rings. The van der Waals surface area contributed by atoms with Crippen molar-refractivity contribution in [3.8, 4) is 0 Å². The molecule has 0 atom stereocenters. The van der Waals surface area contributed by atoms with Crippen LogP contribution in [0.1, 0.15) is 0 Å². The van der Waals surface area contributed by atoms with Gasteiger partial charge in [-0.2, -0.15) is 0 Å². The van der Waals surface area contributed by atoms with Crippen LogP contribution >= 0.6 is 0 Å². The average Bonchev–Trinajstić information content (AvgIpc) is 0.722. The van der Waals surface area contributed by atoms with Gasteiger partial charge in [0.25, 0.3) is 0 Å². The van der Waals surface area contributed by atoms with Crippen LogP contribution in [0.25, 0.3) is 0 Å². The van der Waals surface area contributed by atoms with E-state index in [1.807, 2.05) is 0 Å². The van der Waals surface area contributed by atoms with Crippen molar-refractivity contribution in [2.45, 2.75) is 0 Å². The number of hydrogen-bond acceptors (Lipinski definition) is 4. The molecular formula is H11AlO6Si. The van der Waals surface area contributed by atoms with Crippen LogP contribution in [0.4, 0.5) is 0 Å². The van der Waals surface area contributed by atoms with Gasteiger partial charge in [0, 0.05) is 0 Å². The molecule has 0 amide bonds. The third-order valence-corrected chi connectivity index (χ3v) is 0. The topological polar surface area (TPSA) is 144 Å². The second-order valence-corrected chi connectivity index (χ2v) is 1.80. The Morgan fingerprint density at radius 2 is 0.750 bits per heavy atom. The van der Waals surface area contributed by atoms with E-state index in [1.54, 1.807) is 0 Å². The second-order valence-electron chi connectivity index (χ2n) is 0.600. The Kier molecular flexibility index (Phi) is 22.2. The minimum absolute atomic E-state index is 0. The smallest absolute Gasteiger partial charge is 0.412 e. The number of hydrogen-bond donors (Lipinski definition) is 4. The molecule has 8 heteroatoms. The van der Waals surface area contributed by atoms with Gasteiger partial charge in [0.2, 0.25) is 0 Å². The van der Waals surface area contributed by atoms with Crippen LogP contribution in [-0.2, 0) is 0 Å². The lowest BCUT2D eigenvalue weighted by Gasteiger charge is -1.91. The van der Waals surface area contributed by atoms with Gasteiger partial charge in [-0.15, -0.1) is 0 Å². The van der Waals surface area contributed by atoms with Gasteiger partial charge in [-0.25, -0.2) is 0 Å². The minimum atomic E-state index is -4.61. The van der Waals surface area contributed by atoms with Gasteiger partial charge < -0.3 is 30.1 Å². The molecule has 0 aliphatic carbocycles. The van der Waals surface area contributed by atoms with Crippen molar-refractivity contribution in [3.63, 3.8) is 0 Å². The second kappa shape index (κ2) is 7.51. The summed E-state index contributed by atoms with van der Waals surface area (Å²) in [5, 5.41) is 0. The normalized spacial score (nSPS) is 7.50. The van der Waals surface area contributed by atoms with E-state index in [4.69, 9.17) is 19.2 Å². The molecule has 0 aliphatic heterocycles. The summed E-state index contributed by atoms with van der Waals surface area (Å²) < 4.78 is 0. The molecule has 0 aromatic carbocycles. The van der Waals surface area contributed by atoms with Gasteiger partial charge in [-0.1, -0.05) is 0 Å². The fraction of sp³-hybridized carbons (Fsp3) is 0. The molecule has 0 rings (SSSR count). The Hall–Kier alpha value is 0.509. The Morgan fingerprint density at radius 1 is 0.750 bits per heavy atom. The quantitative estimate of drug-likeness (QED) is 0.263. The van der Waals surface area contributed by atoms with Crippen LogP contribution in [0.15, 0.2) is 0 Å². The first-order chi connectivity index (χ1) is 2.00. The van der Waals surface area contributed by atoms with Crippen molar-refractivity contribution in [2.75, 3.05) is 0 Å². The average molecular weight is 162 g/mol. The summed E-state index contributed by atoms with van der Waals surface area (Å²) >= 11 is 0. The van der Waals surface area contributed by atoms with Crippen LogP contribution in [-0.4, -0.2) is 56.5 Å².